The Kier molecular flexibility index (Phi) is 12.5. The molecule has 114 valence electrons. The van der Waals surface area contributed by atoms with Crippen molar-refractivity contribution in [1.82, 2.24) is 10.6 Å². The largest absolute Gasteiger partial charge is 0.357 e. The SMILES string of the molecule is CCNC(=NCCSC)NCCc1ccc(Cl)cc1.I. The van der Waals surface area contributed by atoms with Crippen LogP contribution in [0.2, 0.25) is 5.02 Å². The normalized spacial score (nSPS) is 10.8. The van der Waals surface area contributed by atoms with E-state index < -0.39 is 0 Å². The molecule has 0 radical (unpaired) electrons. The number of halogens is 2. The van der Waals surface area contributed by atoms with Gasteiger partial charge in [0, 0.05) is 23.9 Å². The summed E-state index contributed by atoms with van der Waals surface area (Å²) in [5.41, 5.74) is 1.27. The predicted octanol–water partition coefficient (Wildman–Crippen LogP) is 3.42. The minimum Gasteiger partial charge on any atom is -0.357 e. The molecule has 2 N–H and O–H groups in total. The summed E-state index contributed by atoms with van der Waals surface area (Å²) in [6, 6.07) is 7.97. The summed E-state index contributed by atoms with van der Waals surface area (Å²) in [4.78, 5) is 4.50. The van der Waals surface area contributed by atoms with E-state index in [4.69, 9.17) is 11.6 Å². The molecule has 20 heavy (non-hydrogen) atoms. The summed E-state index contributed by atoms with van der Waals surface area (Å²) in [7, 11) is 0. The second-order valence-electron chi connectivity index (χ2n) is 4.06. The molecule has 0 bridgehead atoms. The number of nitrogens with zero attached hydrogens (tertiary/aromatic N) is 1. The van der Waals surface area contributed by atoms with Crippen LogP contribution in [-0.4, -0.2) is 37.6 Å². The van der Waals surface area contributed by atoms with E-state index in [0.717, 1.165) is 42.8 Å². The molecule has 1 aromatic carbocycles. The number of guanidine groups is 1. The Morgan fingerprint density at radius 2 is 1.95 bits per heavy atom. The quantitative estimate of drug-likeness (QED) is 0.303. The number of aliphatic imine (C=N–C) groups is 1. The van der Waals surface area contributed by atoms with Gasteiger partial charge >= 0.3 is 0 Å². The topological polar surface area (TPSA) is 36.4 Å². The Balaban J connectivity index is 0.00000361. The molecule has 3 nitrogen and oxygen atoms in total. The van der Waals surface area contributed by atoms with Gasteiger partial charge in [-0.05, 0) is 37.3 Å². The maximum atomic E-state index is 5.86. The van der Waals surface area contributed by atoms with Crippen molar-refractivity contribution in [3.8, 4) is 0 Å². The first-order chi connectivity index (χ1) is 9.26. The fourth-order valence-corrected chi connectivity index (χ4v) is 1.97. The van der Waals surface area contributed by atoms with Gasteiger partial charge in [-0.25, -0.2) is 0 Å². The molecule has 0 heterocycles. The average Bonchev–Trinajstić information content (AvgIpc) is 2.41. The Labute approximate surface area is 148 Å². The van der Waals surface area contributed by atoms with Crippen molar-refractivity contribution in [1.29, 1.82) is 0 Å². The maximum absolute atomic E-state index is 5.86. The highest BCUT2D eigenvalue weighted by atomic mass is 127. The van der Waals surface area contributed by atoms with Gasteiger partial charge in [0.1, 0.15) is 0 Å². The summed E-state index contributed by atoms with van der Waals surface area (Å²) in [5, 5.41) is 7.37. The minimum atomic E-state index is 0. The van der Waals surface area contributed by atoms with Gasteiger partial charge in [-0.1, -0.05) is 23.7 Å². The highest BCUT2D eigenvalue weighted by Gasteiger charge is 1.97. The molecule has 0 saturated carbocycles. The third-order valence-corrected chi connectivity index (χ3v) is 3.37. The van der Waals surface area contributed by atoms with Crippen LogP contribution in [0.25, 0.3) is 0 Å². The second-order valence-corrected chi connectivity index (χ2v) is 5.48. The molecule has 0 aliphatic heterocycles. The zero-order valence-electron chi connectivity index (χ0n) is 12.0. The summed E-state index contributed by atoms with van der Waals surface area (Å²) in [6.07, 6.45) is 3.06. The Hall–Kier alpha value is -0.140. The number of benzene rings is 1. The van der Waals surface area contributed by atoms with Crippen LogP contribution in [0.1, 0.15) is 12.5 Å². The van der Waals surface area contributed by atoms with Gasteiger partial charge in [-0.2, -0.15) is 11.8 Å². The van der Waals surface area contributed by atoms with Crippen LogP contribution in [0.3, 0.4) is 0 Å². The maximum Gasteiger partial charge on any atom is 0.191 e. The van der Waals surface area contributed by atoms with Crippen LogP contribution < -0.4 is 10.6 Å². The number of rotatable bonds is 7. The van der Waals surface area contributed by atoms with Crippen molar-refractivity contribution in [2.75, 3.05) is 31.6 Å². The van der Waals surface area contributed by atoms with Crippen LogP contribution in [0, 0.1) is 0 Å². The van der Waals surface area contributed by atoms with Gasteiger partial charge in [0.2, 0.25) is 0 Å². The van der Waals surface area contributed by atoms with Crippen LogP contribution in [0.15, 0.2) is 29.3 Å². The highest BCUT2D eigenvalue weighted by Crippen LogP contribution is 2.09. The average molecular weight is 428 g/mol. The van der Waals surface area contributed by atoms with E-state index in [1.807, 2.05) is 23.9 Å². The van der Waals surface area contributed by atoms with Crippen LogP contribution in [0.5, 0.6) is 0 Å². The Bertz CT molecular complexity index is 385. The molecule has 0 spiro atoms. The fraction of sp³-hybridized carbons (Fsp3) is 0.500. The smallest absolute Gasteiger partial charge is 0.191 e. The van der Waals surface area contributed by atoms with Crippen molar-refractivity contribution in [2.45, 2.75) is 13.3 Å². The van der Waals surface area contributed by atoms with Crippen LogP contribution in [0.4, 0.5) is 0 Å². The summed E-state index contributed by atoms with van der Waals surface area (Å²) in [6.45, 7) is 4.67. The van der Waals surface area contributed by atoms with Crippen molar-refractivity contribution in [2.24, 2.45) is 4.99 Å². The lowest BCUT2D eigenvalue weighted by Crippen LogP contribution is -2.38. The zero-order chi connectivity index (χ0) is 13.9. The van der Waals surface area contributed by atoms with E-state index in [1.165, 1.54) is 5.56 Å². The molecular formula is C14H23ClIN3S. The number of hydrogen-bond acceptors (Lipinski definition) is 2. The zero-order valence-corrected chi connectivity index (χ0v) is 15.9. The third-order valence-electron chi connectivity index (χ3n) is 2.53. The van der Waals surface area contributed by atoms with Crippen molar-refractivity contribution in [3.05, 3.63) is 34.9 Å². The molecular weight excluding hydrogens is 405 g/mol. The molecule has 1 rings (SSSR count). The highest BCUT2D eigenvalue weighted by molar-refractivity contribution is 14.0. The van der Waals surface area contributed by atoms with Crippen LogP contribution >= 0.6 is 47.3 Å². The van der Waals surface area contributed by atoms with E-state index >= 15 is 0 Å². The molecule has 0 saturated heterocycles. The Morgan fingerprint density at radius 3 is 2.55 bits per heavy atom. The molecule has 0 aliphatic rings. The number of hydrogen-bond donors (Lipinski definition) is 2. The van der Waals surface area contributed by atoms with Crippen molar-refractivity contribution >= 4 is 53.3 Å². The standard InChI is InChI=1S/C14H22ClN3S.HI/c1-3-16-14(18-10-11-19-2)17-9-8-12-4-6-13(15)7-5-12;/h4-7H,3,8-11H2,1-2H3,(H2,16,17,18);1H. The first-order valence-electron chi connectivity index (χ1n) is 6.51. The minimum absolute atomic E-state index is 0. The lowest BCUT2D eigenvalue weighted by molar-refractivity contribution is 0.804. The lowest BCUT2D eigenvalue weighted by Gasteiger charge is -2.11. The first-order valence-corrected chi connectivity index (χ1v) is 8.29. The van der Waals surface area contributed by atoms with Crippen LogP contribution in [-0.2, 0) is 6.42 Å². The van der Waals surface area contributed by atoms with E-state index in [-0.39, 0.29) is 24.0 Å². The summed E-state index contributed by atoms with van der Waals surface area (Å²) in [5.74, 6) is 1.94. The van der Waals surface area contributed by atoms with Gasteiger partial charge in [0.15, 0.2) is 5.96 Å². The molecule has 0 aromatic heterocycles. The van der Waals surface area contributed by atoms with Crippen molar-refractivity contribution < 1.29 is 0 Å². The molecule has 1 aromatic rings. The van der Waals surface area contributed by atoms with E-state index in [0.29, 0.717) is 0 Å². The molecule has 0 atom stereocenters. The summed E-state index contributed by atoms with van der Waals surface area (Å²) >= 11 is 7.67. The van der Waals surface area contributed by atoms with Gasteiger partial charge in [0.25, 0.3) is 0 Å². The van der Waals surface area contributed by atoms with E-state index in [1.54, 1.807) is 0 Å². The third kappa shape index (κ3) is 8.92. The monoisotopic (exact) mass is 427 g/mol. The number of nitrogens with one attached hydrogen (secondary N) is 2. The first kappa shape index (κ1) is 19.9. The fourth-order valence-electron chi connectivity index (χ4n) is 1.57. The van der Waals surface area contributed by atoms with Gasteiger partial charge < -0.3 is 10.6 Å². The van der Waals surface area contributed by atoms with Gasteiger partial charge in [-0.15, -0.1) is 24.0 Å². The van der Waals surface area contributed by atoms with Gasteiger partial charge in [-0.3, -0.25) is 4.99 Å². The summed E-state index contributed by atoms with van der Waals surface area (Å²) < 4.78 is 0. The lowest BCUT2D eigenvalue weighted by atomic mass is 10.1. The molecule has 0 fully saturated rings. The Morgan fingerprint density at radius 1 is 1.25 bits per heavy atom. The van der Waals surface area contributed by atoms with E-state index in [2.05, 4.69) is 40.9 Å². The second kappa shape index (κ2) is 12.6. The van der Waals surface area contributed by atoms with Crippen molar-refractivity contribution in [3.63, 3.8) is 0 Å². The molecule has 0 unspecified atom stereocenters. The molecule has 0 aliphatic carbocycles. The predicted molar refractivity (Wildman–Crippen MR) is 103 cm³/mol. The molecule has 6 heteroatoms. The van der Waals surface area contributed by atoms with E-state index in [9.17, 15) is 0 Å². The number of thioether (sulfide) groups is 1. The molecule has 0 amide bonds. The van der Waals surface area contributed by atoms with Gasteiger partial charge in [0.05, 0.1) is 6.54 Å².